The van der Waals surface area contributed by atoms with Gasteiger partial charge in [0.05, 0.1) is 19.2 Å². The van der Waals surface area contributed by atoms with Crippen molar-refractivity contribution in [2.45, 2.75) is 24.3 Å². The van der Waals surface area contributed by atoms with Crippen LogP contribution in [-0.2, 0) is 15.3 Å². The van der Waals surface area contributed by atoms with E-state index in [1.165, 1.54) is 17.6 Å². The number of fused-ring (bicyclic) bond motifs is 1. The van der Waals surface area contributed by atoms with Crippen LogP contribution in [0.15, 0.2) is 33.7 Å². The maximum Gasteiger partial charge on any atom is 0.306 e. The summed E-state index contributed by atoms with van der Waals surface area (Å²) in [6.07, 6.45) is 2.04. The second-order valence-electron chi connectivity index (χ2n) is 4.56. The molecule has 2 heterocycles. The van der Waals surface area contributed by atoms with Gasteiger partial charge in [-0.15, -0.1) is 0 Å². The van der Waals surface area contributed by atoms with E-state index < -0.39 is 0 Å². The Bertz CT molecular complexity index is 717. The lowest BCUT2D eigenvalue weighted by molar-refractivity contribution is -0.140. The molecule has 112 valence electrons. The van der Waals surface area contributed by atoms with Crippen molar-refractivity contribution >= 4 is 39.3 Å². The molecule has 0 aliphatic rings. The molecule has 0 aliphatic heterocycles. The van der Waals surface area contributed by atoms with E-state index in [1.807, 2.05) is 13.0 Å². The second kappa shape index (κ2) is 7.09. The molecule has 7 heteroatoms. The van der Waals surface area contributed by atoms with Gasteiger partial charge in [-0.1, -0.05) is 6.92 Å². The number of nitrogens with zero attached hydrogens (tertiary/aromatic N) is 2. The fourth-order valence-corrected chi connectivity index (χ4v) is 3.00. The molecule has 2 aromatic rings. The summed E-state index contributed by atoms with van der Waals surface area (Å²) in [5.74, 6) is 0.353. The average molecular weight is 371 g/mol. The topological polar surface area (TPSA) is 60.7 Å². The van der Waals surface area contributed by atoms with Gasteiger partial charge < -0.3 is 4.74 Å². The third kappa shape index (κ3) is 4.31. The second-order valence-corrected chi connectivity index (χ2v) is 6.91. The first kappa shape index (κ1) is 16.0. The van der Waals surface area contributed by atoms with Crippen LogP contribution in [0.2, 0.25) is 0 Å². The number of ether oxygens (including phenoxy) is 1. The lowest BCUT2D eigenvalue weighted by Gasteiger charge is -2.09. The zero-order valence-corrected chi connectivity index (χ0v) is 14.1. The largest absolute Gasteiger partial charge is 0.469 e. The number of esters is 1. The Labute approximate surface area is 134 Å². The fraction of sp³-hybridized carbons (Fsp3) is 0.357. The molecule has 0 spiro atoms. The molecule has 0 fully saturated rings. The van der Waals surface area contributed by atoms with Gasteiger partial charge in [-0.2, -0.15) is 11.8 Å². The average Bonchev–Trinajstić information content (AvgIpc) is 2.45. The van der Waals surface area contributed by atoms with Crippen LogP contribution in [0.25, 0.3) is 5.65 Å². The van der Waals surface area contributed by atoms with Crippen molar-refractivity contribution in [3.05, 3.63) is 44.9 Å². The molecule has 0 aliphatic carbocycles. The first-order valence-electron chi connectivity index (χ1n) is 6.36. The number of carbonyl (C=O) groups excluding carboxylic acids is 1. The van der Waals surface area contributed by atoms with Gasteiger partial charge in [-0.05, 0) is 28.1 Å². The van der Waals surface area contributed by atoms with Crippen molar-refractivity contribution in [1.29, 1.82) is 0 Å². The molecule has 1 atom stereocenters. The molecule has 5 nitrogen and oxygen atoms in total. The molecule has 0 saturated heterocycles. The van der Waals surface area contributed by atoms with Crippen molar-refractivity contribution in [3.63, 3.8) is 0 Å². The van der Waals surface area contributed by atoms with Crippen LogP contribution >= 0.6 is 27.7 Å². The molecule has 0 N–H and O–H groups in total. The van der Waals surface area contributed by atoms with Crippen molar-refractivity contribution in [1.82, 2.24) is 9.38 Å². The Hall–Kier alpha value is -1.34. The van der Waals surface area contributed by atoms with E-state index in [-0.39, 0.29) is 16.8 Å². The van der Waals surface area contributed by atoms with E-state index in [9.17, 15) is 9.59 Å². The van der Waals surface area contributed by atoms with Crippen molar-refractivity contribution < 1.29 is 9.53 Å². The highest BCUT2D eigenvalue weighted by atomic mass is 79.9. The Morgan fingerprint density at radius 1 is 1.52 bits per heavy atom. The number of aromatic nitrogens is 2. The number of pyridine rings is 1. The van der Waals surface area contributed by atoms with Crippen LogP contribution in [0.3, 0.4) is 0 Å². The smallest absolute Gasteiger partial charge is 0.306 e. The highest BCUT2D eigenvalue weighted by Gasteiger charge is 2.11. The summed E-state index contributed by atoms with van der Waals surface area (Å²) in [6.45, 7) is 1.95. The summed E-state index contributed by atoms with van der Waals surface area (Å²) in [6, 6.07) is 5.16. The number of methoxy groups -OCH3 is 1. The van der Waals surface area contributed by atoms with E-state index in [0.717, 1.165) is 4.47 Å². The molecule has 0 saturated carbocycles. The standard InChI is InChI=1S/C14H15BrN2O3S/c1-9(5-14(19)20-2)21-8-11-6-13(18)17-7-10(15)3-4-12(17)16-11/h3-4,6-7,9H,5,8H2,1-2H3. The number of thioether (sulfide) groups is 1. The minimum atomic E-state index is -0.230. The number of halogens is 1. The third-order valence-electron chi connectivity index (χ3n) is 2.87. The molecule has 0 bridgehead atoms. The molecule has 0 radical (unpaired) electrons. The Morgan fingerprint density at radius 3 is 3.00 bits per heavy atom. The highest BCUT2D eigenvalue weighted by molar-refractivity contribution is 9.10. The SMILES string of the molecule is COC(=O)CC(C)SCc1cc(=O)n2cc(Br)ccc2n1. The summed E-state index contributed by atoms with van der Waals surface area (Å²) in [4.78, 5) is 27.7. The van der Waals surface area contributed by atoms with Crippen molar-refractivity contribution in [2.24, 2.45) is 0 Å². The molecule has 2 rings (SSSR count). The lowest BCUT2D eigenvalue weighted by Crippen LogP contribution is -2.15. The van der Waals surface area contributed by atoms with E-state index in [4.69, 9.17) is 0 Å². The summed E-state index contributed by atoms with van der Waals surface area (Å²) >= 11 is 4.90. The summed E-state index contributed by atoms with van der Waals surface area (Å²) in [5.41, 5.74) is 1.21. The van der Waals surface area contributed by atoms with Gasteiger partial charge in [0.2, 0.25) is 0 Å². The van der Waals surface area contributed by atoms with Crippen LogP contribution < -0.4 is 5.56 Å². The quantitative estimate of drug-likeness (QED) is 0.757. The number of hydrogen-bond donors (Lipinski definition) is 0. The molecule has 2 aromatic heterocycles. The lowest BCUT2D eigenvalue weighted by atomic mass is 10.3. The Morgan fingerprint density at radius 2 is 2.29 bits per heavy atom. The van der Waals surface area contributed by atoms with Gasteiger partial charge in [0.1, 0.15) is 5.65 Å². The van der Waals surface area contributed by atoms with Gasteiger partial charge in [-0.3, -0.25) is 14.0 Å². The normalized spacial score (nSPS) is 12.3. The maximum absolute atomic E-state index is 12.0. The zero-order chi connectivity index (χ0) is 15.4. The molecule has 0 amide bonds. The van der Waals surface area contributed by atoms with Crippen LogP contribution in [0.4, 0.5) is 0 Å². The predicted octanol–water partition coefficient (Wildman–Crippen LogP) is 2.64. The summed E-state index contributed by atoms with van der Waals surface area (Å²) in [5, 5.41) is 0.114. The number of carbonyl (C=O) groups is 1. The van der Waals surface area contributed by atoms with E-state index in [0.29, 0.717) is 23.5 Å². The van der Waals surface area contributed by atoms with Gasteiger partial charge in [0.25, 0.3) is 5.56 Å². The molecule has 21 heavy (non-hydrogen) atoms. The minimum Gasteiger partial charge on any atom is -0.469 e. The van der Waals surface area contributed by atoms with Crippen molar-refractivity contribution in [3.8, 4) is 0 Å². The molecule has 1 unspecified atom stereocenters. The first-order chi connectivity index (χ1) is 9.99. The first-order valence-corrected chi connectivity index (χ1v) is 8.20. The van der Waals surface area contributed by atoms with Crippen LogP contribution in [0.5, 0.6) is 0 Å². The van der Waals surface area contributed by atoms with Gasteiger partial charge in [0, 0.05) is 27.7 Å². The third-order valence-corrected chi connectivity index (χ3v) is 4.54. The van der Waals surface area contributed by atoms with Gasteiger partial charge in [-0.25, -0.2) is 4.98 Å². The zero-order valence-electron chi connectivity index (χ0n) is 11.7. The summed E-state index contributed by atoms with van der Waals surface area (Å²) < 4.78 is 6.96. The number of hydrogen-bond acceptors (Lipinski definition) is 5. The fourth-order valence-electron chi connectivity index (χ4n) is 1.80. The molecular formula is C14H15BrN2O3S. The predicted molar refractivity (Wildman–Crippen MR) is 86.6 cm³/mol. The van der Waals surface area contributed by atoms with Crippen LogP contribution in [-0.4, -0.2) is 27.7 Å². The highest BCUT2D eigenvalue weighted by Crippen LogP contribution is 2.19. The van der Waals surface area contributed by atoms with E-state index in [1.54, 1.807) is 24.0 Å². The monoisotopic (exact) mass is 370 g/mol. The van der Waals surface area contributed by atoms with Crippen LogP contribution in [0, 0.1) is 0 Å². The molecular weight excluding hydrogens is 356 g/mol. The van der Waals surface area contributed by atoms with Gasteiger partial charge in [0.15, 0.2) is 0 Å². The Balaban J connectivity index is 2.11. The summed E-state index contributed by atoms with van der Waals surface area (Å²) in [7, 11) is 1.38. The molecule has 0 aromatic carbocycles. The minimum absolute atomic E-state index is 0.113. The van der Waals surface area contributed by atoms with Crippen LogP contribution in [0.1, 0.15) is 19.0 Å². The van der Waals surface area contributed by atoms with Crippen molar-refractivity contribution in [2.75, 3.05) is 7.11 Å². The van der Waals surface area contributed by atoms with E-state index in [2.05, 4.69) is 25.7 Å². The van der Waals surface area contributed by atoms with Gasteiger partial charge >= 0.3 is 5.97 Å². The number of rotatable bonds is 5. The van der Waals surface area contributed by atoms with E-state index >= 15 is 0 Å². The Kier molecular flexibility index (Phi) is 5.41. The maximum atomic E-state index is 12.0.